The Kier molecular flexibility index (Phi) is 5.81. The molecule has 0 saturated heterocycles. The highest BCUT2D eigenvalue weighted by atomic mass is 35.5. The fourth-order valence-corrected chi connectivity index (χ4v) is 2.97. The largest absolute Gasteiger partial charge is 0.371 e. The van der Waals surface area contributed by atoms with E-state index in [-0.39, 0.29) is 16.4 Å². The number of carbonyl (C=O) groups is 1. The molecule has 7 heteroatoms. The van der Waals surface area contributed by atoms with E-state index >= 15 is 0 Å². The van der Waals surface area contributed by atoms with E-state index in [1.54, 1.807) is 24.3 Å². The number of nitrogens with one attached hydrogen (secondary N) is 3. The molecule has 0 unspecified atom stereocenters. The van der Waals surface area contributed by atoms with Crippen LogP contribution in [0.4, 0.5) is 5.82 Å². The zero-order valence-corrected chi connectivity index (χ0v) is 15.3. The van der Waals surface area contributed by atoms with E-state index in [1.807, 2.05) is 18.2 Å². The van der Waals surface area contributed by atoms with Crippen LogP contribution in [0.2, 0.25) is 10.0 Å². The molecule has 1 aromatic heterocycles. The van der Waals surface area contributed by atoms with E-state index < -0.39 is 0 Å². The van der Waals surface area contributed by atoms with Gasteiger partial charge in [-0.25, -0.2) is 0 Å². The number of fused-ring (bicyclic) bond motifs is 1. The van der Waals surface area contributed by atoms with Crippen LogP contribution in [0, 0.1) is 0 Å². The van der Waals surface area contributed by atoms with Gasteiger partial charge in [-0.05, 0) is 30.7 Å². The lowest BCUT2D eigenvalue weighted by Gasteiger charge is -2.09. The molecule has 0 aliphatic carbocycles. The number of aromatic nitrogens is 1. The summed E-state index contributed by atoms with van der Waals surface area (Å²) >= 11 is 11.9. The fourth-order valence-electron chi connectivity index (χ4n) is 2.58. The lowest BCUT2D eigenvalue weighted by molar-refractivity contribution is 0.0953. The molecule has 0 fully saturated rings. The molecular formula is C19H17Cl2N3O2. The van der Waals surface area contributed by atoms with Gasteiger partial charge in [-0.15, -0.1) is 0 Å². The minimum absolute atomic E-state index is 0.0363. The SMILES string of the molecule is O=C(NCCCNc1cc(=O)c2ccccc2[nH]1)c1cccc(Cl)c1Cl. The number of H-pyrrole nitrogens is 1. The van der Waals surface area contributed by atoms with Crippen LogP contribution in [0.15, 0.2) is 53.3 Å². The first-order valence-corrected chi connectivity index (χ1v) is 8.90. The minimum atomic E-state index is -0.267. The van der Waals surface area contributed by atoms with Gasteiger partial charge in [-0.2, -0.15) is 0 Å². The van der Waals surface area contributed by atoms with Gasteiger partial charge in [0.15, 0.2) is 5.43 Å². The van der Waals surface area contributed by atoms with Crippen LogP contribution in [0.3, 0.4) is 0 Å². The Morgan fingerprint density at radius 3 is 2.69 bits per heavy atom. The second kappa shape index (κ2) is 8.25. The molecule has 134 valence electrons. The van der Waals surface area contributed by atoms with E-state index in [0.717, 1.165) is 5.52 Å². The lowest BCUT2D eigenvalue weighted by atomic mass is 10.2. The van der Waals surface area contributed by atoms with Gasteiger partial charge >= 0.3 is 0 Å². The number of hydrogen-bond donors (Lipinski definition) is 3. The van der Waals surface area contributed by atoms with Crippen LogP contribution in [-0.2, 0) is 0 Å². The molecule has 0 aliphatic rings. The number of anilines is 1. The van der Waals surface area contributed by atoms with Crippen molar-refractivity contribution in [1.29, 1.82) is 0 Å². The third-order valence-corrected chi connectivity index (χ3v) is 4.71. The second-order valence-corrected chi connectivity index (χ2v) is 6.52. The van der Waals surface area contributed by atoms with Gasteiger partial charge in [-0.3, -0.25) is 9.59 Å². The molecule has 1 amide bonds. The Morgan fingerprint density at radius 2 is 1.85 bits per heavy atom. The molecular weight excluding hydrogens is 373 g/mol. The first kappa shape index (κ1) is 18.3. The standard InChI is InChI=1S/C19H17Cl2N3O2/c20-14-7-3-6-13(18(14)21)19(26)23-10-4-9-22-17-11-16(25)12-5-1-2-8-15(12)24-17/h1-3,5-8,11H,4,9-10H2,(H,23,26)(H2,22,24,25). The molecule has 0 saturated carbocycles. The number of amides is 1. The van der Waals surface area contributed by atoms with Crippen molar-refractivity contribution in [2.24, 2.45) is 0 Å². The number of halogens is 2. The summed E-state index contributed by atoms with van der Waals surface area (Å²) in [6, 6.07) is 13.8. The number of aromatic amines is 1. The Labute approximate surface area is 160 Å². The quantitative estimate of drug-likeness (QED) is 0.556. The maximum atomic E-state index is 12.1. The van der Waals surface area contributed by atoms with Crippen molar-refractivity contribution in [3.63, 3.8) is 0 Å². The molecule has 0 aliphatic heterocycles. The van der Waals surface area contributed by atoms with Crippen molar-refractivity contribution in [2.45, 2.75) is 6.42 Å². The van der Waals surface area contributed by atoms with Crippen LogP contribution >= 0.6 is 23.2 Å². The highest BCUT2D eigenvalue weighted by Crippen LogP contribution is 2.25. The average molecular weight is 390 g/mol. The number of carbonyl (C=O) groups excluding carboxylic acids is 1. The minimum Gasteiger partial charge on any atom is -0.371 e. The zero-order chi connectivity index (χ0) is 18.5. The Hall–Kier alpha value is -2.50. The molecule has 3 aromatic rings. The zero-order valence-electron chi connectivity index (χ0n) is 13.8. The number of benzene rings is 2. The van der Waals surface area contributed by atoms with E-state index in [9.17, 15) is 9.59 Å². The van der Waals surface area contributed by atoms with E-state index in [4.69, 9.17) is 23.2 Å². The number of hydrogen-bond acceptors (Lipinski definition) is 3. The van der Waals surface area contributed by atoms with Crippen molar-refractivity contribution in [1.82, 2.24) is 10.3 Å². The molecule has 0 bridgehead atoms. The van der Waals surface area contributed by atoms with E-state index in [0.29, 0.717) is 41.3 Å². The maximum absolute atomic E-state index is 12.1. The molecule has 3 rings (SSSR count). The van der Waals surface area contributed by atoms with Crippen LogP contribution in [0.5, 0.6) is 0 Å². The van der Waals surface area contributed by atoms with Gasteiger partial charge in [-0.1, -0.05) is 41.4 Å². The van der Waals surface area contributed by atoms with Crippen molar-refractivity contribution >= 4 is 45.8 Å². The molecule has 3 N–H and O–H groups in total. The highest BCUT2D eigenvalue weighted by Gasteiger charge is 2.11. The molecule has 5 nitrogen and oxygen atoms in total. The predicted octanol–water partition coefficient (Wildman–Crippen LogP) is 4.07. The first-order valence-electron chi connectivity index (χ1n) is 8.14. The highest BCUT2D eigenvalue weighted by molar-refractivity contribution is 6.43. The molecule has 0 atom stereocenters. The summed E-state index contributed by atoms with van der Waals surface area (Å²) in [5, 5.41) is 7.21. The van der Waals surface area contributed by atoms with Crippen molar-refractivity contribution in [2.75, 3.05) is 18.4 Å². The first-order chi connectivity index (χ1) is 12.6. The molecule has 2 aromatic carbocycles. The van der Waals surface area contributed by atoms with Crippen LogP contribution in [0.1, 0.15) is 16.8 Å². The molecule has 0 spiro atoms. The summed E-state index contributed by atoms with van der Waals surface area (Å²) in [6.07, 6.45) is 0.679. The summed E-state index contributed by atoms with van der Waals surface area (Å²) in [5.41, 5.74) is 1.10. The Balaban J connectivity index is 1.51. The second-order valence-electron chi connectivity index (χ2n) is 5.73. The number of para-hydroxylation sites is 1. The van der Waals surface area contributed by atoms with Gasteiger partial charge in [0.05, 0.1) is 21.1 Å². The van der Waals surface area contributed by atoms with Crippen molar-refractivity contribution < 1.29 is 4.79 Å². The van der Waals surface area contributed by atoms with Crippen molar-refractivity contribution in [3.05, 3.63) is 74.4 Å². The van der Waals surface area contributed by atoms with Gasteiger partial charge in [0.1, 0.15) is 5.82 Å². The van der Waals surface area contributed by atoms with Crippen molar-refractivity contribution in [3.8, 4) is 0 Å². The average Bonchev–Trinajstić information content (AvgIpc) is 2.63. The van der Waals surface area contributed by atoms with Gasteiger partial charge in [0.25, 0.3) is 5.91 Å². The Morgan fingerprint density at radius 1 is 1.04 bits per heavy atom. The Bertz CT molecular complexity index is 1000. The van der Waals surface area contributed by atoms with Gasteiger partial charge in [0.2, 0.25) is 0 Å². The number of pyridine rings is 1. The molecule has 1 heterocycles. The third kappa shape index (κ3) is 4.18. The normalized spacial score (nSPS) is 10.7. The summed E-state index contributed by atoms with van der Waals surface area (Å²) in [6.45, 7) is 1.06. The van der Waals surface area contributed by atoms with Crippen LogP contribution in [0.25, 0.3) is 10.9 Å². The summed E-state index contributed by atoms with van der Waals surface area (Å²) in [7, 11) is 0. The topological polar surface area (TPSA) is 74.0 Å². The molecule has 0 radical (unpaired) electrons. The van der Waals surface area contributed by atoms with Gasteiger partial charge < -0.3 is 15.6 Å². The predicted molar refractivity (Wildman–Crippen MR) is 106 cm³/mol. The van der Waals surface area contributed by atoms with Crippen LogP contribution < -0.4 is 16.1 Å². The maximum Gasteiger partial charge on any atom is 0.252 e. The summed E-state index contributed by atoms with van der Waals surface area (Å²) in [5.74, 6) is 0.384. The van der Waals surface area contributed by atoms with Gasteiger partial charge in [0, 0.05) is 24.5 Å². The van der Waals surface area contributed by atoms with Crippen LogP contribution in [-0.4, -0.2) is 24.0 Å². The van der Waals surface area contributed by atoms with E-state index in [2.05, 4.69) is 15.6 Å². The monoisotopic (exact) mass is 389 g/mol. The third-order valence-electron chi connectivity index (χ3n) is 3.89. The summed E-state index contributed by atoms with van der Waals surface area (Å²) in [4.78, 5) is 27.3. The van der Waals surface area contributed by atoms with E-state index in [1.165, 1.54) is 6.07 Å². The lowest BCUT2D eigenvalue weighted by Crippen LogP contribution is -2.26. The fraction of sp³-hybridized carbons (Fsp3) is 0.158. The summed E-state index contributed by atoms with van der Waals surface area (Å²) < 4.78 is 0. The smallest absolute Gasteiger partial charge is 0.252 e. The molecule has 26 heavy (non-hydrogen) atoms. The number of rotatable bonds is 6.